The molecule has 1 heteroatoms. The SMILES string of the molecule is CC=C(C)C(C)=C(C)C.[Ti]. The second kappa shape index (κ2) is 5.94. The first-order chi connectivity index (χ1) is 4.09. The van der Waals surface area contributed by atoms with Crippen LogP contribution in [0.2, 0.25) is 0 Å². The zero-order chi connectivity index (χ0) is 7.44. The Bertz CT molecular complexity index is 148. The second-order valence-electron chi connectivity index (χ2n) is 2.60. The molecule has 0 unspecified atom stereocenters. The largest absolute Gasteiger partial charge is 0.0845 e. The summed E-state index contributed by atoms with van der Waals surface area (Å²) in [5.74, 6) is 0. The van der Waals surface area contributed by atoms with Gasteiger partial charge in [0.05, 0.1) is 0 Å². The Hall–Kier alpha value is 0.194. The van der Waals surface area contributed by atoms with Gasteiger partial charge in [-0.15, -0.1) is 0 Å². The van der Waals surface area contributed by atoms with Crippen LogP contribution in [-0.4, -0.2) is 0 Å². The van der Waals surface area contributed by atoms with E-state index in [0.717, 1.165) is 0 Å². The number of allylic oxidation sites excluding steroid dienone is 4. The van der Waals surface area contributed by atoms with Crippen molar-refractivity contribution in [2.75, 3.05) is 0 Å². The molecule has 0 saturated carbocycles. The molecular formula is C9H16Ti. The number of hydrogen-bond donors (Lipinski definition) is 0. The predicted molar refractivity (Wildman–Crippen MR) is 43.5 cm³/mol. The van der Waals surface area contributed by atoms with Gasteiger partial charge in [0, 0.05) is 21.7 Å². The van der Waals surface area contributed by atoms with E-state index in [2.05, 4.69) is 40.7 Å². The van der Waals surface area contributed by atoms with Crippen molar-refractivity contribution >= 4 is 0 Å². The maximum absolute atomic E-state index is 2.16. The summed E-state index contributed by atoms with van der Waals surface area (Å²) in [5, 5.41) is 0. The minimum Gasteiger partial charge on any atom is -0.0845 e. The minimum atomic E-state index is 0. The van der Waals surface area contributed by atoms with E-state index < -0.39 is 0 Å². The molecule has 10 heavy (non-hydrogen) atoms. The van der Waals surface area contributed by atoms with Crippen molar-refractivity contribution in [2.24, 2.45) is 0 Å². The van der Waals surface area contributed by atoms with E-state index in [9.17, 15) is 0 Å². The Balaban J connectivity index is 0. The average Bonchev–Trinajstić information content (AvgIpc) is 1.84. The molecule has 0 aromatic carbocycles. The van der Waals surface area contributed by atoms with Gasteiger partial charge in [0.1, 0.15) is 0 Å². The van der Waals surface area contributed by atoms with Gasteiger partial charge in [0.25, 0.3) is 0 Å². The maximum Gasteiger partial charge on any atom is 0 e. The van der Waals surface area contributed by atoms with E-state index in [0.29, 0.717) is 0 Å². The average molecular weight is 172 g/mol. The molecule has 0 atom stereocenters. The normalized spacial score (nSPS) is 10.3. The fourth-order valence-electron chi connectivity index (χ4n) is 0.611. The van der Waals surface area contributed by atoms with Gasteiger partial charge in [0.15, 0.2) is 0 Å². The van der Waals surface area contributed by atoms with Gasteiger partial charge in [0.2, 0.25) is 0 Å². The van der Waals surface area contributed by atoms with Gasteiger partial charge in [-0.2, -0.15) is 0 Å². The molecule has 0 rings (SSSR count). The summed E-state index contributed by atoms with van der Waals surface area (Å²) in [6, 6.07) is 0. The summed E-state index contributed by atoms with van der Waals surface area (Å²) in [5.41, 5.74) is 4.21. The first-order valence-corrected chi connectivity index (χ1v) is 3.37. The first-order valence-electron chi connectivity index (χ1n) is 3.37. The van der Waals surface area contributed by atoms with Crippen molar-refractivity contribution in [3.05, 3.63) is 22.8 Å². The molecule has 0 heterocycles. The first kappa shape index (κ1) is 12.8. The van der Waals surface area contributed by atoms with Crippen LogP contribution in [0.25, 0.3) is 0 Å². The predicted octanol–water partition coefficient (Wildman–Crippen LogP) is 3.31. The molecule has 0 N–H and O–H groups in total. The molecule has 0 aliphatic carbocycles. The zero-order valence-electron chi connectivity index (χ0n) is 7.58. The van der Waals surface area contributed by atoms with E-state index in [-0.39, 0.29) is 21.7 Å². The van der Waals surface area contributed by atoms with E-state index in [1.54, 1.807) is 0 Å². The molecule has 56 valence electrons. The standard InChI is InChI=1S/C9H16.Ti/c1-6-8(4)9(5)7(2)3;/h6H,1-5H3;. The zero-order valence-corrected chi connectivity index (χ0v) is 9.14. The Morgan fingerprint density at radius 1 is 1.00 bits per heavy atom. The number of rotatable bonds is 1. The van der Waals surface area contributed by atoms with Crippen LogP contribution in [0.5, 0.6) is 0 Å². The molecule has 0 radical (unpaired) electrons. The van der Waals surface area contributed by atoms with Crippen molar-refractivity contribution in [2.45, 2.75) is 34.6 Å². The van der Waals surface area contributed by atoms with Crippen LogP contribution in [0.15, 0.2) is 22.8 Å². The smallest absolute Gasteiger partial charge is 0 e. The quantitative estimate of drug-likeness (QED) is 0.420. The van der Waals surface area contributed by atoms with Crippen LogP contribution in [-0.2, 0) is 21.7 Å². The Morgan fingerprint density at radius 2 is 1.40 bits per heavy atom. The topological polar surface area (TPSA) is 0 Å². The summed E-state index contributed by atoms with van der Waals surface area (Å²) in [4.78, 5) is 0. The minimum absolute atomic E-state index is 0. The van der Waals surface area contributed by atoms with Gasteiger partial charge in [-0.05, 0) is 40.2 Å². The molecule has 0 fully saturated rings. The van der Waals surface area contributed by atoms with Crippen LogP contribution < -0.4 is 0 Å². The molecule has 0 aromatic rings. The molecule has 0 bridgehead atoms. The third kappa shape index (κ3) is 4.08. The fourth-order valence-corrected chi connectivity index (χ4v) is 0.611. The molecule has 0 saturated heterocycles. The van der Waals surface area contributed by atoms with Crippen LogP contribution in [0, 0.1) is 0 Å². The summed E-state index contributed by atoms with van der Waals surface area (Å²) < 4.78 is 0. The van der Waals surface area contributed by atoms with E-state index in [1.807, 2.05) is 0 Å². The summed E-state index contributed by atoms with van der Waals surface area (Å²) in [7, 11) is 0. The van der Waals surface area contributed by atoms with Gasteiger partial charge in [-0.1, -0.05) is 17.2 Å². The molecule has 0 spiro atoms. The van der Waals surface area contributed by atoms with Gasteiger partial charge in [-0.3, -0.25) is 0 Å². The summed E-state index contributed by atoms with van der Waals surface area (Å²) in [6.07, 6.45) is 2.14. The number of hydrogen-bond acceptors (Lipinski definition) is 0. The van der Waals surface area contributed by atoms with Crippen molar-refractivity contribution < 1.29 is 21.7 Å². The molecule has 0 aromatic heterocycles. The maximum atomic E-state index is 2.16. The summed E-state index contributed by atoms with van der Waals surface area (Å²) in [6.45, 7) is 10.7. The van der Waals surface area contributed by atoms with Crippen LogP contribution in [0.4, 0.5) is 0 Å². The van der Waals surface area contributed by atoms with Crippen molar-refractivity contribution in [1.29, 1.82) is 0 Å². The van der Waals surface area contributed by atoms with Gasteiger partial charge < -0.3 is 0 Å². The fraction of sp³-hybridized carbons (Fsp3) is 0.556. The Kier molecular flexibility index (Phi) is 7.62. The third-order valence-corrected chi connectivity index (χ3v) is 1.77. The third-order valence-electron chi connectivity index (χ3n) is 1.77. The van der Waals surface area contributed by atoms with Crippen LogP contribution in [0.1, 0.15) is 34.6 Å². The monoisotopic (exact) mass is 172 g/mol. The molecule has 0 aliphatic rings. The molecule has 0 aliphatic heterocycles. The van der Waals surface area contributed by atoms with Crippen molar-refractivity contribution in [3.63, 3.8) is 0 Å². The summed E-state index contributed by atoms with van der Waals surface area (Å²) >= 11 is 0. The van der Waals surface area contributed by atoms with Gasteiger partial charge in [-0.25, -0.2) is 0 Å². The Labute approximate surface area is 79.3 Å². The van der Waals surface area contributed by atoms with E-state index in [4.69, 9.17) is 0 Å². The van der Waals surface area contributed by atoms with Gasteiger partial charge >= 0.3 is 0 Å². The molecular weight excluding hydrogens is 156 g/mol. The van der Waals surface area contributed by atoms with Crippen LogP contribution >= 0.6 is 0 Å². The van der Waals surface area contributed by atoms with Crippen LogP contribution in [0.3, 0.4) is 0 Å². The van der Waals surface area contributed by atoms with Crippen molar-refractivity contribution in [3.8, 4) is 0 Å². The molecule has 0 amide bonds. The van der Waals surface area contributed by atoms with E-state index in [1.165, 1.54) is 16.7 Å². The second-order valence-corrected chi connectivity index (χ2v) is 2.60. The molecule has 0 nitrogen and oxygen atoms in total. The van der Waals surface area contributed by atoms with Crippen molar-refractivity contribution in [1.82, 2.24) is 0 Å². The van der Waals surface area contributed by atoms with E-state index >= 15 is 0 Å². The Morgan fingerprint density at radius 3 is 1.50 bits per heavy atom.